The van der Waals surface area contributed by atoms with E-state index < -0.39 is 0 Å². The smallest absolute Gasteiger partial charge is 0.106 e. The van der Waals surface area contributed by atoms with Gasteiger partial charge in [-0.3, -0.25) is 5.32 Å². The second kappa shape index (κ2) is 5.81. The van der Waals surface area contributed by atoms with Crippen molar-refractivity contribution in [3.8, 4) is 6.07 Å². The van der Waals surface area contributed by atoms with Crippen LogP contribution in [0.3, 0.4) is 0 Å². The van der Waals surface area contributed by atoms with Crippen LogP contribution in [-0.4, -0.2) is 21.1 Å². The van der Waals surface area contributed by atoms with E-state index in [1.807, 2.05) is 6.92 Å². The summed E-state index contributed by atoms with van der Waals surface area (Å²) in [5.74, 6) is 1.15. The van der Waals surface area contributed by atoms with Crippen LogP contribution in [0.25, 0.3) is 0 Å². The molecule has 4 heteroatoms. The average Bonchev–Trinajstić information content (AvgIpc) is 3.22. The minimum Gasteiger partial charge on any atom is -0.332 e. The zero-order valence-electron chi connectivity index (χ0n) is 13.3. The van der Waals surface area contributed by atoms with Crippen molar-refractivity contribution in [1.29, 1.82) is 5.26 Å². The number of hydrogen-bond donors (Lipinski definition) is 1. The van der Waals surface area contributed by atoms with Crippen LogP contribution in [0.4, 0.5) is 0 Å². The first-order chi connectivity index (χ1) is 10.1. The molecule has 0 spiro atoms. The number of nitriles is 1. The van der Waals surface area contributed by atoms with Crippen LogP contribution >= 0.6 is 0 Å². The molecular weight excluding hydrogens is 260 g/mol. The van der Waals surface area contributed by atoms with Gasteiger partial charge in [0, 0.05) is 18.3 Å². The molecule has 0 saturated heterocycles. The zero-order chi connectivity index (χ0) is 14.9. The highest BCUT2D eigenvalue weighted by molar-refractivity contribution is 5.20. The molecule has 114 valence electrons. The Kier molecular flexibility index (Phi) is 4.03. The van der Waals surface area contributed by atoms with Crippen molar-refractivity contribution in [2.24, 2.45) is 0 Å². The fraction of sp³-hybridized carbons (Fsp3) is 0.765. The van der Waals surface area contributed by atoms with Gasteiger partial charge in [-0.2, -0.15) is 5.26 Å². The van der Waals surface area contributed by atoms with Crippen LogP contribution in [0.1, 0.15) is 62.7 Å². The quantitative estimate of drug-likeness (QED) is 0.875. The predicted molar refractivity (Wildman–Crippen MR) is 83.0 cm³/mol. The van der Waals surface area contributed by atoms with E-state index in [1.54, 1.807) is 0 Å². The number of nitrogens with one attached hydrogen (secondary N) is 1. The van der Waals surface area contributed by atoms with Gasteiger partial charge in [-0.25, -0.2) is 4.98 Å². The molecular formula is C17H26N4. The predicted octanol–water partition coefficient (Wildman–Crippen LogP) is 2.88. The van der Waals surface area contributed by atoms with Gasteiger partial charge in [0.2, 0.25) is 0 Å². The van der Waals surface area contributed by atoms with Gasteiger partial charge in [-0.05, 0) is 65.2 Å². The Balaban J connectivity index is 1.60. The summed E-state index contributed by atoms with van der Waals surface area (Å²) in [5, 5.41) is 12.9. The normalized spacial score (nSPS) is 20.6. The molecule has 1 aromatic heterocycles. The summed E-state index contributed by atoms with van der Waals surface area (Å²) in [4.78, 5) is 4.73. The number of imidazole rings is 1. The van der Waals surface area contributed by atoms with Crippen LogP contribution < -0.4 is 5.32 Å². The Labute approximate surface area is 127 Å². The molecule has 0 aliphatic heterocycles. The van der Waals surface area contributed by atoms with Gasteiger partial charge in [-0.15, -0.1) is 0 Å². The lowest BCUT2D eigenvalue weighted by Gasteiger charge is -2.24. The molecule has 0 bridgehead atoms. The molecule has 4 nitrogen and oxygen atoms in total. The summed E-state index contributed by atoms with van der Waals surface area (Å²) in [5.41, 5.74) is 2.40. The second-order valence-electron chi connectivity index (χ2n) is 6.88. The number of nitrogens with zero attached hydrogens (tertiary/aromatic N) is 3. The SMILES string of the molecule is Cc1nc2c(n1CCCC(C)(C#N)NC1CC1)CCCC2. The van der Waals surface area contributed by atoms with E-state index in [0.717, 1.165) is 31.6 Å². The van der Waals surface area contributed by atoms with Gasteiger partial charge in [0.15, 0.2) is 0 Å². The van der Waals surface area contributed by atoms with E-state index >= 15 is 0 Å². The fourth-order valence-corrected chi connectivity index (χ4v) is 3.46. The van der Waals surface area contributed by atoms with Gasteiger partial charge < -0.3 is 4.57 Å². The minimum atomic E-state index is -0.365. The highest BCUT2D eigenvalue weighted by atomic mass is 15.1. The van der Waals surface area contributed by atoms with Crippen molar-refractivity contribution >= 4 is 0 Å². The number of hydrogen-bond acceptors (Lipinski definition) is 3. The summed E-state index contributed by atoms with van der Waals surface area (Å²) >= 11 is 0. The second-order valence-corrected chi connectivity index (χ2v) is 6.88. The van der Waals surface area contributed by atoms with Gasteiger partial charge in [0.1, 0.15) is 11.4 Å². The van der Waals surface area contributed by atoms with E-state index in [0.29, 0.717) is 6.04 Å². The summed E-state index contributed by atoms with van der Waals surface area (Å²) in [6.07, 6.45) is 9.28. The lowest BCUT2D eigenvalue weighted by molar-refractivity contribution is 0.388. The fourth-order valence-electron chi connectivity index (χ4n) is 3.46. The van der Waals surface area contributed by atoms with Crippen molar-refractivity contribution in [2.75, 3.05) is 0 Å². The molecule has 1 N–H and O–H groups in total. The molecule has 1 saturated carbocycles. The molecule has 1 aromatic rings. The lowest BCUT2D eigenvalue weighted by Crippen LogP contribution is -2.42. The molecule has 21 heavy (non-hydrogen) atoms. The molecule has 0 aromatic carbocycles. The van der Waals surface area contributed by atoms with Gasteiger partial charge in [-0.1, -0.05) is 0 Å². The van der Waals surface area contributed by atoms with E-state index in [1.165, 1.54) is 43.5 Å². The molecule has 0 amide bonds. The van der Waals surface area contributed by atoms with Crippen LogP contribution in [0.2, 0.25) is 0 Å². The third kappa shape index (κ3) is 3.29. The van der Waals surface area contributed by atoms with E-state index in [4.69, 9.17) is 4.98 Å². The maximum atomic E-state index is 9.43. The average molecular weight is 286 g/mol. The zero-order valence-corrected chi connectivity index (χ0v) is 13.3. The van der Waals surface area contributed by atoms with Gasteiger partial charge in [0.25, 0.3) is 0 Å². The minimum absolute atomic E-state index is 0.365. The molecule has 0 radical (unpaired) electrons. The highest BCUT2D eigenvalue weighted by Crippen LogP contribution is 2.26. The van der Waals surface area contributed by atoms with Crippen molar-refractivity contribution in [3.05, 3.63) is 17.2 Å². The summed E-state index contributed by atoms with van der Waals surface area (Å²) in [6.45, 7) is 5.16. The number of fused-ring (bicyclic) bond motifs is 1. The number of aryl methyl sites for hydroxylation is 2. The first kappa shape index (κ1) is 14.6. The first-order valence-electron chi connectivity index (χ1n) is 8.35. The molecule has 2 aliphatic carbocycles. The Hall–Kier alpha value is -1.34. The van der Waals surface area contributed by atoms with Crippen molar-refractivity contribution < 1.29 is 0 Å². The molecule has 1 unspecified atom stereocenters. The Morgan fingerprint density at radius 3 is 2.86 bits per heavy atom. The van der Waals surface area contributed by atoms with Crippen LogP contribution in [0.5, 0.6) is 0 Å². The summed E-state index contributed by atoms with van der Waals surface area (Å²) < 4.78 is 2.39. The van der Waals surface area contributed by atoms with Crippen molar-refractivity contribution in [2.45, 2.75) is 83.3 Å². The molecule has 1 fully saturated rings. The number of rotatable bonds is 6. The van der Waals surface area contributed by atoms with Crippen LogP contribution in [-0.2, 0) is 19.4 Å². The Morgan fingerprint density at radius 2 is 2.14 bits per heavy atom. The Bertz CT molecular complexity index is 550. The standard InChI is InChI=1S/C17H26N4/c1-13-19-15-6-3-4-7-16(15)21(13)11-5-10-17(2,12-18)20-14-8-9-14/h14,20H,3-11H2,1-2H3. The monoisotopic (exact) mass is 286 g/mol. The van der Waals surface area contributed by atoms with Crippen molar-refractivity contribution in [3.63, 3.8) is 0 Å². The molecule has 1 heterocycles. The third-order valence-corrected chi connectivity index (χ3v) is 4.83. The summed E-state index contributed by atoms with van der Waals surface area (Å²) in [6, 6.07) is 3.05. The molecule has 1 atom stereocenters. The topological polar surface area (TPSA) is 53.6 Å². The van der Waals surface area contributed by atoms with Crippen LogP contribution in [0.15, 0.2) is 0 Å². The maximum absolute atomic E-state index is 9.43. The first-order valence-corrected chi connectivity index (χ1v) is 8.35. The van der Waals surface area contributed by atoms with E-state index in [-0.39, 0.29) is 5.54 Å². The maximum Gasteiger partial charge on any atom is 0.106 e. The highest BCUT2D eigenvalue weighted by Gasteiger charge is 2.32. The third-order valence-electron chi connectivity index (χ3n) is 4.83. The number of aromatic nitrogens is 2. The van der Waals surface area contributed by atoms with E-state index in [2.05, 4.69) is 22.9 Å². The van der Waals surface area contributed by atoms with E-state index in [9.17, 15) is 5.26 Å². The Morgan fingerprint density at radius 1 is 1.38 bits per heavy atom. The molecule has 3 rings (SSSR count). The summed E-state index contributed by atoms with van der Waals surface area (Å²) in [7, 11) is 0. The lowest BCUT2D eigenvalue weighted by atomic mass is 9.97. The largest absolute Gasteiger partial charge is 0.332 e. The van der Waals surface area contributed by atoms with Gasteiger partial charge >= 0.3 is 0 Å². The van der Waals surface area contributed by atoms with Crippen LogP contribution in [0, 0.1) is 18.3 Å². The molecule has 2 aliphatic rings. The van der Waals surface area contributed by atoms with Crippen molar-refractivity contribution in [1.82, 2.24) is 14.9 Å². The van der Waals surface area contributed by atoms with Gasteiger partial charge in [0.05, 0.1) is 11.8 Å².